The second kappa shape index (κ2) is 5.14. The van der Waals surface area contributed by atoms with E-state index >= 15 is 0 Å². The van der Waals surface area contributed by atoms with Crippen molar-refractivity contribution < 1.29 is 4.79 Å². The van der Waals surface area contributed by atoms with Gasteiger partial charge >= 0.3 is 0 Å². The van der Waals surface area contributed by atoms with E-state index in [2.05, 4.69) is 9.88 Å². The van der Waals surface area contributed by atoms with Crippen molar-refractivity contribution in [3.63, 3.8) is 0 Å². The highest BCUT2D eigenvalue weighted by Crippen LogP contribution is 2.20. The number of amides is 1. The van der Waals surface area contributed by atoms with E-state index in [9.17, 15) is 4.79 Å². The van der Waals surface area contributed by atoms with Gasteiger partial charge in [0.25, 0.3) is 0 Å². The molecule has 0 bridgehead atoms. The fourth-order valence-electron chi connectivity index (χ4n) is 2.31. The lowest BCUT2D eigenvalue weighted by Gasteiger charge is -2.33. The van der Waals surface area contributed by atoms with Crippen LogP contribution in [-0.4, -0.2) is 28.4 Å². The van der Waals surface area contributed by atoms with Gasteiger partial charge in [-0.2, -0.15) is 0 Å². The summed E-state index contributed by atoms with van der Waals surface area (Å²) >= 11 is 0. The molecule has 0 saturated carbocycles. The van der Waals surface area contributed by atoms with Crippen LogP contribution in [0.15, 0.2) is 18.3 Å². The Morgan fingerprint density at radius 1 is 1.53 bits per heavy atom. The molecule has 0 aliphatic carbocycles. The maximum atomic E-state index is 11.4. The molecule has 2 rings (SSSR count). The van der Waals surface area contributed by atoms with E-state index in [4.69, 9.17) is 11.5 Å². The fraction of sp³-hybridized carbons (Fsp3) is 0.500. The molecule has 1 aliphatic rings. The summed E-state index contributed by atoms with van der Waals surface area (Å²) in [5.74, 6) is 0.286. The molecule has 0 aromatic carbocycles. The molecule has 4 N–H and O–H groups in total. The number of pyridine rings is 1. The third kappa shape index (κ3) is 2.74. The van der Waals surface area contributed by atoms with Crippen LogP contribution in [0.5, 0.6) is 0 Å². The quantitative estimate of drug-likeness (QED) is 0.797. The molecule has 5 heteroatoms. The molecule has 1 aromatic heterocycles. The van der Waals surface area contributed by atoms with E-state index in [-0.39, 0.29) is 11.9 Å². The second-order valence-corrected chi connectivity index (χ2v) is 4.43. The lowest BCUT2D eigenvalue weighted by molar-refractivity contribution is -0.124. The monoisotopic (exact) mass is 234 g/mol. The number of carbonyl (C=O) groups is 1. The number of carbonyl (C=O) groups excluding carboxylic acids is 1. The van der Waals surface area contributed by atoms with Gasteiger partial charge in [-0.05, 0) is 25.5 Å². The summed E-state index contributed by atoms with van der Waals surface area (Å²) in [6.45, 7) is 1.54. The predicted molar refractivity (Wildman–Crippen MR) is 65.9 cm³/mol. The number of anilines is 1. The van der Waals surface area contributed by atoms with Crippen molar-refractivity contribution in [2.75, 3.05) is 12.3 Å². The van der Waals surface area contributed by atoms with Crippen molar-refractivity contribution >= 4 is 11.7 Å². The van der Waals surface area contributed by atoms with Crippen LogP contribution in [-0.2, 0) is 11.3 Å². The molecule has 1 atom stereocenters. The number of primary amides is 1. The molecule has 1 amide bonds. The first-order valence-electron chi connectivity index (χ1n) is 5.91. The van der Waals surface area contributed by atoms with Gasteiger partial charge < -0.3 is 11.5 Å². The van der Waals surface area contributed by atoms with E-state index < -0.39 is 0 Å². The molecular formula is C12H18N4O. The number of hydrogen-bond acceptors (Lipinski definition) is 4. The van der Waals surface area contributed by atoms with E-state index in [0.29, 0.717) is 12.4 Å². The standard InChI is InChI=1S/C12H18N4O/c13-11-9(4-3-6-15-11)8-16-7-2-1-5-10(16)12(14)17/h3-4,6,10H,1-2,5,7-8H2,(H2,13,15)(H2,14,17). The zero-order valence-electron chi connectivity index (χ0n) is 9.80. The van der Waals surface area contributed by atoms with E-state index in [1.807, 2.05) is 12.1 Å². The summed E-state index contributed by atoms with van der Waals surface area (Å²) in [6.07, 6.45) is 4.67. The van der Waals surface area contributed by atoms with Crippen molar-refractivity contribution in [3.8, 4) is 0 Å². The number of nitrogen functional groups attached to an aromatic ring is 1. The zero-order chi connectivity index (χ0) is 12.3. The topological polar surface area (TPSA) is 85.2 Å². The van der Waals surface area contributed by atoms with Crippen LogP contribution in [0, 0.1) is 0 Å². The van der Waals surface area contributed by atoms with Gasteiger partial charge in [0.15, 0.2) is 0 Å². The van der Waals surface area contributed by atoms with E-state index in [1.165, 1.54) is 0 Å². The summed E-state index contributed by atoms with van der Waals surface area (Å²) in [7, 11) is 0. The Kier molecular flexibility index (Phi) is 3.58. The van der Waals surface area contributed by atoms with Crippen LogP contribution < -0.4 is 11.5 Å². The summed E-state index contributed by atoms with van der Waals surface area (Å²) < 4.78 is 0. The van der Waals surface area contributed by atoms with Gasteiger partial charge in [-0.25, -0.2) is 4.98 Å². The number of nitrogens with two attached hydrogens (primary N) is 2. The first kappa shape index (κ1) is 11.9. The average Bonchev–Trinajstić information content (AvgIpc) is 2.32. The third-order valence-electron chi connectivity index (χ3n) is 3.24. The Morgan fingerprint density at radius 3 is 3.06 bits per heavy atom. The normalized spacial score (nSPS) is 21.3. The second-order valence-electron chi connectivity index (χ2n) is 4.43. The highest BCUT2D eigenvalue weighted by molar-refractivity contribution is 5.79. The van der Waals surface area contributed by atoms with E-state index in [0.717, 1.165) is 31.4 Å². The maximum absolute atomic E-state index is 11.4. The Hall–Kier alpha value is -1.62. The Bertz CT molecular complexity index is 407. The summed E-state index contributed by atoms with van der Waals surface area (Å²) in [4.78, 5) is 17.5. The van der Waals surface area contributed by atoms with E-state index in [1.54, 1.807) is 6.20 Å². The molecule has 1 aromatic rings. The number of aromatic nitrogens is 1. The van der Waals surface area contributed by atoms with Crippen molar-refractivity contribution in [2.45, 2.75) is 31.8 Å². The van der Waals surface area contributed by atoms with Crippen molar-refractivity contribution in [2.24, 2.45) is 5.73 Å². The molecule has 0 radical (unpaired) electrons. The minimum atomic E-state index is -0.243. The minimum absolute atomic E-state index is 0.164. The fourth-order valence-corrected chi connectivity index (χ4v) is 2.31. The SMILES string of the molecule is NC(=O)C1CCCCN1Cc1cccnc1N. The summed E-state index contributed by atoms with van der Waals surface area (Å²) in [5.41, 5.74) is 12.2. The van der Waals surface area contributed by atoms with Gasteiger partial charge in [0, 0.05) is 18.3 Å². The molecule has 2 heterocycles. The molecule has 1 aliphatic heterocycles. The van der Waals surface area contributed by atoms with Gasteiger partial charge in [-0.15, -0.1) is 0 Å². The zero-order valence-corrected chi connectivity index (χ0v) is 9.80. The molecule has 1 saturated heterocycles. The molecule has 0 spiro atoms. The summed E-state index contributed by atoms with van der Waals surface area (Å²) in [6, 6.07) is 3.63. The smallest absolute Gasteiger partial charge is 0.234 e. The molecular weight excluding hydrogens is 216 g/mol. The minimum Gasteiger partial charge on any atom is -0.383 e. The highest BCUT2D eigenvalue weighted by Gasteiger charge is 2.27. The van der Waals surface area contributed by atoms with Crippen molar-refractivity contribution in [1.29, 1.82) is 0 Å². The molecule has 5 nitrogen and oxygen atoms in total. The summed E-state index contributed by atoms with van der Waals surface area (Å²) in [5, 5.41) is 0. The van der Waals surface area contributed by atoms with Crippen LogP contribution >= 0.6 is 0 Å². The van der Waals surface area contributed by atoms with Crippen LogP contribution in [0.1, 0.15) is 24.8 Å². The van der Waals surface area contributed by atoms with Crippen LogP contribution in [0.4, 0.5) is 5.82 Å². The largest absolute Gasteiger partial charge is 0.383 e. The van der Waals surface area contributed by atoms with Crippen LogP contribution in [0.25, 0.3) is 0 Å². The molecule has 1 fully saturated rings. The Morgan fingerprint density at radius 2 is 2.35 bits per heavy atom. The van der Waals surface area contributed by atoms with Crippen molar-refractivity contribution in [3.05, 3.63) is 23.9 Å². The first-order valence-corrected chi connectivity index (χ1v) is 5.91. The number of rotatable bonds is 3. The Labute approximate surface area is 101 Å². The number of nitrogens with zero attached hydrogens (tertiary/aromatic N) is 2. The number of piperidine rings is 1. The predicted octanol–water partition coefficient (Wildman–Crippen LogP) is 0.504. The van der Waals surface area contributed by atoms with Gasteiger partial charge in [0.05, 0.1) is 6.04 Å². The number of hydrogen-bond donors (Lipinski definition) is 2. The molecule has 92 valence electrons. The number of likely N-dealkylation sites (tertiary alicyclic amines) is 1. The molecule has 17 heavy (non-hydrogen) atoms. The van der Waals surface area contributed by atoms with Gasteiger partial charge in [-0.1, -0.05) is 12.5 Å². The lowest BCUT2D eigenvalue weighted by atomic mass is 10.0. The molecule has 1 unspecified atom stereocenters. The van der Waals surface area contributed by atoms with Crippen molar-refractivity contribution in [1.82, 2.24) is 9.88 Å². The van der Waals surface area contributed by atoms with Gasteiger partial charge in [0.1, 0.15) is 5.82 Å². The van der Waals surface area contributed by atoms with Crippen LogP contribution in [0.3, 0.4) is 0 Å². The average molecular weight is 234 g/mol. The Balaban J connectivity index is 2.11. The first-order chi connectivity index (χ1) is 8.18. The lowest BCUT2D eigenvalue weighted by Crippen LogP contribution is -2.47. The third-order valence-corrected chi connectivity index (χ3v) is 3.24. The van der Waals surface area contributed by atoms with Crippen LogP contribution in [0.2, 0.25) is 0 Å². The highest BCUT2D eigenvalue weighted by atomic mass is 16.1. The maximum Gasteiger partial charge on any atom is 0.234 e. The van der Waals surface area contributed by atoms with Gasteiger partial charge in [0.2, 0.25) is 5.91 Å². The van der Waals surface area contributed by atoms with Gasteiger partial charge in [-0.3, -0.25) is 9.69 Å².